The van der Waals surface area contributed by atoms with Crippen molar-refractivity contribution in [1.82, 2.24) is 14.7 Å². The van der Waals surface area contributed by atoms with Crippen LogP contribution >= 0.6 is 23.2 Å². The second-order valence-electron chi connectivity index (χ2n) is 6.31. The van der Waals surface area contributed by atoms with E-state index in [1.807, 2.05) is 32.1 Å². The van der Waals surface area contributed by atoms with Crippen molar-refractivity contribution < 1.29 is 22.4 Å². The van der Waals surface area contributed by atoms with Gasteiger partial charge in [0, 0.05) is 22.2 Å². The summed E-state index contributed by atoms with van der Waals surface area (Å²) >= 11 is 11.4. The van der Waals surface area contributed by atoms with Crippen molar-refractivity contribution in [3.8, 4) is 11.6 Å². The van der Waals surface area contributed by atoms with E-state index in [1.165, 1.54) is 12.1 Å². The third-order valence-corrected chi connectivity index (χ3v) is 4.70. The molecule has 0 aliphatic heterocycles. The second kappa shape index (κ2) is 9.54. The molecule has 4 aromatic rings. The molecule has 0 saturated heterocycles. The van der Waals surface area contributed by atoms with Crippen molar-refractivity contribution in [1.29, 1.82) is 0 Å². The molecule has 11 heteroatoms. The number of aromatic amines is 1. The average molecular weight is 486 g/mol. The topological polar surface area (TPSA) is 73.1 Å². The van der Waals surface area contributed by atoms with Crippen molar-refractivity contribution in [2.75, 3.05) is 0 Å². The number of nitrogens with one attached hydrogen (secondary N) is 1. The smallest absolute Gasteiger partial charge is 0.406 e. The number of benzene rings is 2. The number of hydrogen-bond donors (Lipinski definition) is 1. The van der Waals surface area contributed by atoms with Gasteiger partial charge in [-0.1, -0.05) is 40.5 Å². The Morgan fingerprint density at radius 2 is 1.97 bits per heavy atom. The Balaban J connectivity index is 0.000000360. The number of H-pyrrole nitrogens is 1. The molecule has 4 rings (SSSR count). The van der Waals surface area contributed by atoms with Gasteiger partial charge in [-0.15, -0.1) is 13.2 Å². The summed E-state index contributed by atoms with van der Waals surface area (Å²) in [5, 5.41) is 5.53. The van der Waals surface area contributed by atoms with Crippen molar-refractivity contribution in [2.45, 2.75) is 20.2 Å². The predicted octanol–water partition coefficient (Wildman–Crippen LogP) is 6.72. The summed E-state index contributed by atoms with van der Waals surface area (Å²) in [6.07, 6.45) is 0.762. The molecule has 0 aliphatic carbocycles. The van der Waals surface area contributed by atoms with Gasteiger partial charge in [-0.05, 0) is 44.2 Å². The van der Waals surface area contributed by atoms with Crippen LogP contribution in [0.25, 0.3) is 27.8 Å². The number of allylic oxidation sites excluding steroid dienone is 4. The number of halogens is 5. The molecule has 0 spiro atoms. The number of hydrogen-bond acceptors (Lipinski definition) is 4. The van der Waals surface area contributed by atoms with Gasteiger partial charge in [0.15, 0.2) is 11.4 Å². The SMILES string of the molecule is C/C=C\C(Cl)=C/C.O=c1[nH]c2ccc(OC(F)(F)F)cc2n1-c1noc2cc(Cl)ccc12. The minimum absolute atomic E-state index is 0.132. The molecule has 168 valence electrons. The van der Waals surface area contributed by atoms with Gasteiger partial charge in [-0.2, -0.15) is 0 Å². The first-order valence-corrected chi connectivity index (χ1v) is 9.89. The van der Waals surface area contributed by atoms with Crippen molar-refractivity contribution in [3.05, 3.63) is 75.2 Å². The van der Waals surface area contributed by atoms with Gasteiger partial charge < -0.3 is 14.2 Å². The van der Waals surface area contributed by atoms with Crippen LogP contribution in [0.3, 0.4) is 0 Å². The summed E-state index contributed by atoms with van der Waals surface area (Å²) in [5.74, 6) is -0.323. The molecule has 0 radical (unpaired) electrons. The zero-order valence-corrected chi connectivity index (χ0v) is 18.2. The van der Waals surface area contributed by atoms with Gasteiger partial charge in [0.2, 0.25) is 0 Å². The molecule has 0 atom stereocenters. The zero-order valence-electron chi connectivity index (χ0n) is 16.7. The van der Waals surface area contributed by atoms with Crippen molar-refractivity contribution >= 4 is 45.2 Å². The molecule has 6 nitrogen and oxygen atoms in total. The highest BCUT2D eigenvalue weighted by atomic mass is 35.5. The Morgan fingerprint density at radius 1 is 1.22 bits per heavy atom. The molecule has 32 heavy (non-hydrogen) atoms. The van der Waals surface area contributed by atoms with Gasteiger partial charge in [-0.25, -0.2) is 9.36 Å². The third-order valence-electron chi connectivity index (χ3n) is 4.12. The summed E-state index contributed by atoms with van der Waals surface area (Å²) in [6, 6.07) is 8.22. The molecule has 0 saturated carbocycles. The Hall–Kier alpha value is -3.17. The van der Waals surface area contributed by atoms with Crippen LogP contribution in [0.2, 0.25) is 5.02 Å². The summed E-state index contributed by atoms with van der Waals surface area (Å²) in [6.45, 7) is 3.84. The van der Waals surface area contributed by atoms with E-state index in [-0.39, 0.29) is 11.3 Å². The molecule has 1 N–H and O–H groups in total. The van der Waals surface area contributed by atoms with Gasteiger partial charge in [-0.3, -0.25) is 0 Å². The maximum Gasteiger partial charge on any atom is 0.573 e. The van der Waals surface area contributed by atoms with E-state index in [1.54, 1.807) is 12.1 Å². The molecular formula is C21H16Cl2F3N3O3. The predicted molar refractivity (Wildman–Crippen MR) is 118 cm³/mol. The lowest BCUT2D eigenvalue weighted by atomic mass is 10.2. The second-order valence-corrected chi connectivity index (χ2v) is 7.19. The number of aromatic nitrogens is 3. The Kier molecular flexibility index (Phi) is 7.00. The van der Waals surface area contributed by atoms with Crippen LogP contribution in [0, 0.1) is 0 Å². The van der Waals surface area contributed by atoms with E-state index in [4.69, 9.17) is 27.7 Å². The number of alkyl halides is 3. The monoisotopic (exact) mass is 485 g/mol. The summed E-state index contributed by atoms with van der Waals surface area (Å²) in [5.41, 5.74) is 0.247. The number of nitrogens with zero attached hydrogens (tertiary/aromatic N) is 2. The largest absolute Gasteiger partial charge is 0.573 e. The van der Waals surface area contributed by atoms with Crippen LogP contribution in [-0.2, 0) is 0 Å². The molecular weight excluding hydrogens is 470 g/mol. The normalized spacial score (nSPS) is 12.4. The van der Waals surface area contributed by atoms with E-state index < -0.39 is 17.8 Å². The van der Waals surface area contributed by atoms with E-state index in [2.05, 4.69) is 14.9 Å². The molecule has 0 amide bonds. The van der Waals surface area contributed by atoms with Crippen LogP contribution in [0.5, 0.6) is 5.75 Å². The number of rotatable bonds is 3. The Labute approximate surface area is 189 Å². The molecule has 0 fully saturated rings. The maximum atomic E-state index is 12.4. The number of fused-ring (bicyclic) bond motifs is 2. The van der Waals surface area contributed by atoms with Gasteiger partial charge >= 0.3 is 12.1 Å². The van der Waals surface area contributed by atoms with E-state index >= 15 is 0 Å². The lowest BCUT2D eigenvalue weighted by molar-refractivity contribution is -0.274. The highest BCUT2D eigenvalue weighted by Gasteiger charge is 2.31. The standard InChI is InChI=1S/C15H7ClF3N3O3.C6H9Cl/c16-7-1-3-9-12(5-7)25-21-13(9)22-11-6-8(24-15(17,18)19)2-4-10(11)20-14(22)23;1-3-5-6(7)4-2/h1-6H,(H,20,23);3-5H,1-2H3/b;5-3-,6-4+. The fourth-order valence-corrected chi connectivity index (χ4v) is 3.09. The molecule has 2 heterocycles. The first kappa shape index (κ1) is 23.5. The highest BCUT2D eigenvalue weighted by molar-refractivity contribution is 6.31. The van der Waals surface area contributed by atoms with Gasteiger partial charge in [0.1, 0.15) is 5.75 Å². The average Bonchev–Trinajstić information content (AvgIpc) is 3.26. The number of ether oxygens (including phenoxy) is 1. The Morgan fingerprint density at radius 3 is 2.59 bits per heavy atom. The summed E-state index contributed by atoms with van der Waals surface area (Å²) < 4.78 is 47.4. The van der Waals surface area contributed by atoms with Crippen LogP contribution in [0.1, 0.15) is 13.8 Å². The minimum atomic E-state index is -4.84. The maximum absolute atomic E-state index is 12.4. The van der Waals surface area contributed by atoms with Crippen LogP contribution in [-0.4, -0.2) is 21.1 Å². The van der Waals surface area contributed by atoms with Crippen molar-refractivity contribution in [3.63, 3.8) is 0 Å². The highest BCUT2D eigenvalue weighted by Crippen LogP contribution is 2.29. The fraction of sp³-hybridized carbons (Fsp3) is 0.143. The van der Waals surface area contributed by atoms with Gasteiger partial charge in [0.05, 0.1) is 16.4 Å². The first-order valence-electron chi connectivity index (χ1n) is 9.13. The fourth-order valence-electron chi connectivity index (χ4n) is 2.80. The molecule has 0 aliphatic rings. The van der Waals surface area contributed by atoms with E-state index in [9.17, 15) is 18.0 Å². The number of imidazole rings is 1. The lowest BCUT2D eigenvalue weighted by Crippen LogP contribution is -2.17. The minimum Gasteiger partial charge on any atom is -0.406 e. The quantitative estimate of drug-likeness (QED) is 0.327. The van der Waals surface area contributed by atoms with E-state index in [0.29, 0.717) is 21.5 Å². The third kappa shape index (κ3) is 5.35. The van der Waals surface area contributed by atoms with Crippen LogP contribution in [0.15, 0.2) is 69.0 Å². The molecule has 2 aromatic heterocycles. The zero-order chi connectivity index (χ0) is 23.5. The molecule has 2 aromatic carbocycles. The van der Waals surface area contributed by atoms with Crippen LogP contribution < -0.4 is 10.4 Å². The Bertz CT molecular complexity index is 1370. The molecule has 0 unspecified atom stereocenters. The van der Waals surface area contributed by atoms with Gasteiger partial charge in [0.25, 0.3) is 0 Å². The summed E-state index contributed by atoms with van der Waals surface area (Å²) in [4.78, 5) is 14.8. The first-order chi connectivity index (χ1) is 15.1. The molecule has 0 bridgehead atoms. The van der Waals surface area contributed by atoms with Crippen molar-refractivity contribution in [2.24, 2.45) is 0 Å². The summed E-state index contributed by atoms with van der Waals surface area (Å²) in [7, 11) is 0. The van der Waals surface area contributed by atoms with E-state index in [0.717, 1.165) is 21.7 Å². The lowest BCUT2D eigenvalue weighted by Gasteiger charge is -2.08. The van der Waals surface area contributed by atoms with Crippen LogP contribution in [0.4, 0.5) is 13.2 Å².